The van der Waals surface area contributed by atoms with Crippen molar-refractivity contribution in [2.45, 2.75) is 6.92 Å². The lowest BCUT2D eigenvalue weighted by Gasteiger charge is -2.09. The number of halogens is 2. The molecule has 0 aromatic heterocycles. The number of hydrogen-bond donors (Lipinski definition) is 2. The van der Waals surface area contributed by atoms with Crippen LogP contribution in [-0.2, 0) is 9.59 Å². The van der Waals surface area contributed by atoms with E-state index in [0.29, 0.717) is 10.8 Å². The van der Waals surface area contributed by atoms with E-state index in [0.717, 1.165) is 15.6 Å². The van der Waals surface area contributed by atoms with Gasteiger partial charge in [0, 0.05) is 10.5 Å². The van der Waals surface area contributed by atoms with Gasteiger partial charge < -0.3 is 4.74 Å². The fourth-order valence-corrected chi connectivity index (χ4v) is 2.52. The molecular weight excluding hydrogens is 408 g/mol. The van der Waals surface area contributed by atoms with Crippen LogP contribution in [0.15, 0.2) is 53.0 Å². The number of nitrogens with one attached hydrogen (secondary N) is 2. The van der Waals surface area contributed by atoms with E-state index in [-0.39, 0.29) is 6.61 Å². The van der Waals surface area contributed by atoms with Gasteiger partial charge in [0.1, 0.15) is 5.75 Å². The van der Waals surface area contributed by atoms with E-state index in [1.807, 2.05) is 31.2 Å². The molecule has 0 aliphatic rings. The van der Waals surface area contributed by atoms with E-state index in [1.165, 1.54) is 6.08 Å². The maximum absolute atomic E-state index is 11.7. The molecule has 0 saturated carbocycles. The highest BCUT2D eigenvalue weighted by Crippen LogP contribution is 2.27. The lowest BCUT2D eigenvalue weighted by Crippen LogP contribution is -2.43. The zero-order valence-electron chi connectivity index (χ0n) is 13.4. The predicted molar refractivity (Wildman–Crippen MR) is 101 cm³/mol. The molecule has 5 nitrogen and oxygen atoms in total. The van der Waals surface area contributed by atoms with Crippen molar-refractivity contribution in [1.29, 1.82) is 0 Å². The molecule has 0 fully saturated rings. The smallest absolute Gasteiger partial charge is 0.276 e. The summed E-state index contributed by atoms with van der Waals surface area (Å²) < 4.78 is 6.10. The van der Waals surface area contributed by atoms with Gasteiger partial charge in [0.15, 0.2) is 6.61 Å². The summed E-state index contributed by atoms with van der Waals surface area (Å²) in [5.74, 6) is -0.572. The Kier molecular flexibility index (Phi) is 7.03. The molecular formula is C18H16BrClN2O3. The first-order valence-electron chi connectivity index (χ1n) is 7.35. The molecule has 130 valence electrons. The summed E-state index contributed by atoms with van der Waals surface area (Å²) in [4.78, 5) is 23.4. The second kappa shape index (κ2) is 9.25. The van der Waals surface area contributed by atoms with E-state index < -0.39 is 11.8 Å². The van der Waals surface area contributed by atoms with Crippen LogP contribution in [0.4, 0.5) is 0 Å². The molecule has 0 bridgehead atoms. The standard InChI is InChI=1S/C18H16BrClN2O3/c1-12-2-4-13(5-3-12)6-9-17(23)21-22-18(24)11-25-16-8-7-14(19)10-15(16)20/h2-10H,11H2,1H3,(H,21,23)(H,22,24). The summed E-state index contributed by atoms with van der Waals surface area (Å²) in [5, 5.41) is 0.382. The predicted octanol–water partition coefficient (Wildman–Crippen LogP) is 3.65. The number of rotatable bonds is 5. The molecule has 0 aliphatic heterocycles. The minimum absolute atomic E-state index is 0.274. The molecule has 2 aromatic carbocycles. The molecule has 25 heavy (non-hydrogen) atoms. The molecule has 7 heteroatoms. The molecule has 0 atom stereocenters. The third kappa shape index (κ3) is 6.60. The van der Waals surface area contributed by atoms with Gasteiger partial charge in [-0.05, 0) is 36.8 Å². The van der Waals surface area contributed by atoms with Crippen molar-refractivity contribution in [3.63, 3.8) is 0 Å². The van der Waals surface area contributed by atoms with Crippen LogP contribution in [0.3, 0.4) is 0 Å². The molecule has 0 radical (unpaired) electrons. The monoisotopic (exact) mass is 422 g/mol. The number of ether oxygens (including phenoxy) is 1. The molecule has 2 N–H and O–H groups in total. The minimum atomic E-state index is -0.504. The molecule has 0 aliphatic carbocycles. The number of hydrazine groups is 1. The number of amides is 2. The van der Waals surface area contributed by atoms with E-state index >= 15 is 0 Å². The first kappa shape index (κ1) is 19.0. The Morgan fingerprint density at radius 1 is 1.16 bits per heavy atom. The minimum Gasteiger partial charge on any atom is -0.482 e. The van der Waals surface area contributed by atoms with Crippen LogP contribution >= 0.6 is 27.5 Å². The fourth-order valence-electron chi connectivity index (χ4n) is 1.79. The van der Waals surface area contributed by atoms with Gasteiger partial charge >= 0.3 is 0 Å². The summed E-state index contributed by atoms with van der Waals surface area (Å²) in [6.07, 6.45) is 2.98. The lowest BCUT2D eigenvalue weighted by atomic mass is 10.1. The van der Waals surface area contributed by atoms with Crippen LogP contribution in [0, 0.1) is 6.92 Å². The zero-order valence-corrected chi connectivity index (χ0v) is 15.7. The van der Waals surface area contributed by atoms with Gasteiger partial charge in [-0.15, -0.1) is 0 Å². The van der Waals surface area contributed by atoms with Gasteiger partial charge in [-0.2, -0.15) is 0 Å². The van der Waals surface area contributed by atoms with Crippen LogP contribution in [0.5, 0.6) is 5.75 Å². The molecule has 2 aromatic rings. The third-order valence-corrected chi connectivity index (χ3v) is 3.87. The Labute approximate surface area is 159 Å². The van der Waals surface area contributed by atoms with E-state index in [4.69, 9.17) is 16.3 Å². The molecule has 0 unspecified atom stereocenters. The third-order valence-electron chi connectivity index (χ3n) is 3.08. The van der Waals surface area contributed by atoms with Crippen LogP contribution in [0.2, 0.25) is 5.02 Å². The molecule has 0 heterocycles. The number of carbonyl (C=O) groups is 2. The lowest BCUT2D eigenvalue weighted by molar-refractivity contribution is -0.128. The van der Waals surface area contributed by atoms with Crippen molar-refractivity contribution in [3.05, 3.63) is 69.2 Å². The van der Waals surface area contributed by atoms with Crippen LogP contribution < -0.4 is 15.6 Å². The maximum Gasteiger partial charge on any atom is 0.276 e. The second-order valence-electron chi connectivity index (χ2n) is 5.14. The van der Waals surface area contributed by atoms with Crippen molar-refractivity contribution in [2.75, 3.05) is 6.61 Å². The van der Waals surface area contributed by atoms with Crippen molar-refractivity contribution >= 4 is 45.4 Å². The highest BCUT2D eigenvalue weighted by Gasteiger charge is 2.07. The highest BCUT2D eigenvalue weighted by atomic mass is 79.9. The Morgan fingerprint density at radius 3 is 2.56 bits per heavy atom. The van der Waals surface area contributed by atoms with E-state index in [2.05, 4.69) is 26.8 Å². The summed E-state index contributed by atoms with van der Waals surface area (Å²) in [5.41, 5.74) is 6.57. The van der Waals surface area contributed by atoms with Gasteiger partial charge in [-0.3, -0.25) is 20.4 Å². The maximum atomic E-state index is 11.7. The number of benzene rings is 2. The summed E-state index contributed by atoms with van der Waals surface area (Å²) in [6.45, 7) is 1.71. The Morgan fingerprint density at radius 2 is 1.88 bits per heavy atom. The fraction of sp³-hybridized carbons (Fsp3) is 0.111. The van der Waals surface area contributed by atoms with E-state index in [9.17, 15) is 9.59 Å². The van der Waals surface area contributed by atoms with Gasteiger partial charge in [0.05, 0.1) is 5.02 Å². The van der Waals surface area contributed by atoms with Crippen LogP contribution in [0.25, 0.3) is 6.08 Å². The van der Waals surface area contributed by atoms with Gasteiger partial charge in [0.25, 0.3) is 11.8 Å². The van der Waals surface area contributed by atoms with Crippen molar-refractivity contribution in [1.82, 2.24) is 10.9 Å². The normalized spacial score (nSPS) is 10.5. The number of carbonyl (C=O) groups excluding carboxylic acids is 2. The molecule has 0 spiro atoms. The molecule has 0 saturated heterocycles. The van der Waals surface area contributed by atoms with Gasteiger partial charge in [0.2, 0.25) is 0 Å². The molecule has 2 rings (SSSR count). The summed E-state index contributed by atoms with van der Waals surface area (Å²) >= 11 is 9.26. The first-order chi connectivity index (χ1) is 11.9. The Bertz CT molecular complexity index is 791. The quantitative estimate of drug-likeness (QED) is 0.570. The van der Waals surface area contributed by atoms with E-state index in [1.54, 1.807) is 24.3 Å². The van der Waals surface area contributed by atoms with Gasteiger partial charge in [-0.25, -0.2) is 0 Å². The van der Waals surface area contributed by atoms with Crippen LogP contribution in [-0.4, -0.2) is 18.4 Å². The number of hydrogen-bond acceptors (Lipinski definition) is 3. The summed E-state index contributed by atoms with van der Waals surface area (Å²) in [6, 6.07) is 12.7. The topological polar surface area (TPSA) is 67.4 Å². The molecule has 2 amide bonds. The van der Waals surface area contributed by atoms with Crippen LogP contribution in [0.1, 0.15) is 11.1 Å². The van der Waals surface area contributed by atoms with Gasteiger partial charge in [-0.1, -0.05) is 57.4 Å². The number of aryl methyl sites for hydroxylation is 1. The van der Waals surface area contributed by atoms with Crippen molar-refractivity contribution in [2.24, 2.45) is 0 Å². The summed E-state index contributed by atoms with van der Waals surface area (Å²) in [7, 11) is 0. The largest absolute Gasteiger partial charge is 0.482 e. The Hall–Kier alpha value is -2.31. The average Bonchev–Trinajstić information content (AvgIpc) is 2.58. The Balaban J connectivity index is 1.75. The van der Waals surface area contributed by atoms with Crippen molar-refractivity contribution < 1.29 is 14.3 Å². The zero-order chi connectivity index (χ0) is 18.2. The second-order valence-corrected chi connectivity index (χ2v) is 6.47. The highest BCUT2D eigenvalue weighted by molar-refractivity contribution is 9.10. The average molecular weight is 424 g/mol. The van der Waals surface area contributed by atoms with Crippen molar-refractivity contribution in [3.8, 4) is 5.75 Å². The SMILES string of the molecule is Cc1ccc(C=CC(=O)NNC(=O)COc2ccc(Br)cc2Cl)cc1. The first-order valence-corrected chi connectivity index (χ1v) is 8.52.